The zero-order chi connectivity index (χ0) is 15.6. The first-order valence-corrected chi connectivity index (χ1v) is 9.99. The standard InChI is InChI=1S/C19H39N3/c1-3-8-19-9-5-11-22-15-7-14-21(16-10-19)13-6-12-20(4-2)17-18-22/h19H,3-18H2,1-2H3. The fraction of sp³-hybridized carbons (Fsp3) is 1.00. The van der Waals surface area contributed by atoms with Crippen LogP contribution in [-0.2, 0) is 0 Å². The van der Waals surface area contributed by atoms with E-state index in [-0.39, 0.29) is 0 Å². The van der Waals surface area contributed by atoms with E-state index < -0.39 is 0 Å². The Balaban J connectivity index is 1.98. The summed E-state index contributed by atoms with van der Waals surface area (Å²) >= 11 is 0. The van der Waals surface area contributed by atoms with Crippen LogP contribution in [0.2, 0.25) is 0 Å². The molecule has 0 saturated carbocycles. The lowest BCUT2D eigenvalue weighted by Gasteiger charge is -2.27. The molecule has 0 amide bonds. The van der Waals surface area contributed by atoms with Crippen LogP contribution in [0.1, 0.15) is 58.8 Å². The van der Waals surface area contributed by atoms with E-state index >= 15 is 0 Å². The smallest absolute Gasteiger partial charge is 0.0109 e. The number of likely N-dealkylation sites (N-methyl/N-ethyl adjacent to an activating group) is 1. The van der Waals surface area contributed by atoms with Crippen LogP contribution < -0.4 is 0 Å². The van der Waals surface area contributed by atoms with Gasteiger partial charge in [-0.3, -0.25) is 0 Å². The monoisotopic (exact) mass is 309 g/mol. The maximum absolute atomic E-state index is 2.77. The Morgan fingerprint density at radius 3 is 2.09 bits per heavy atom. The Kier molecular flexibility index (Phi) is 8.79. The lowest BCUT2D eigenvalue weighted by Crippen LogP contribution is -2.36. The molecule has 2 aliphatic heterocycles. The topological polar surface area (TPSA) is 9.72 Å². The lowest BCUT2D eigenvalue weighted by molar-refractivity contribution is 0.201. The van der Waals surface area contributed by atoms with Crippen LogP contribution in [0.25, 0.3) is 0 Å². The van der Waals surface area contributed by atoms with E-state index in [1.165, 1.54) is 104 Å². The predicted octanol–water partition coefficient (Wildman–Crippen LogP) is 3.31. The van der Waals surface area contributed by atoms with Gasteiger partial charge in [-0.2, -0.15) is 0 Å². The number of fused-ring (bicyclic) bond motifs is 4. The largest absolute Gasteiger partial charge is 0.303 e. The Morgan fingerprint density at radius 1 is 0.682 bits per heavy atom. The van der Waals surface area contributed by atoms with Crippen molar-refractivity contribution in [1.29, 1.82) is 0 Å². The molecule has 0 aliphatic carbocycles. The first-order chi connectivity index (χ1) is 10.8. The summed E-state index contributed by atoms with van der Waals surface area (Å²) in [6.07, 6.45) is 9.83. The average molecular weight is 310 g/mol. The maximum Gasteiger partial charge on any atom is 0.0109 e. The summed E-state index contributed by atoms with van der Waals surface area (Å²) in [5, 5.41) is 0. The fourth-order valence-electron chi connectivity index (χ4n) is 4.23. The molecule has 2 bridgehead atoms. The zero-order valence-electron chi connectivity index (χ0n) is 15.2. The van der Waals surface area contributed by atoms with Gasteiger partial charge in [-0.25, -0.2) is 0 Å². The van der Waals surface area contributed by atoms with Gasteiger partial charge in [-0.1, -0.05) is 26.7 Å². The molecule has 2 aliphatic rings. The van der Waals surface area contributed by atoms with Gasteiger partial charge in [0.25, 0.3) is 0 Å². The van der Waals surface area contributed by atoms with Gasteiger partial charge in [-0.05, 0) is 83.8 Å². The van der Waals surface area contributed by atoms with E-state index in [2.05, 4.69) is 28.5 Å². The molecule has 2 fully saturated rings. The summed E-state index contributed by atoms with van der Waals surface area (Å²) in [4.78, 5) is 8.17. The van der Waals surface area contributed by atoms with Crippen molar-refractivity contribution >= 4 is 0 Å². The van der Waals surface area contributed by atoms with Gasteiger partial charge in [0.15, 0.2) is 0 Å². The van der Waals surface area contributed by atoms with E-state index in [1.807, 2.05) is 0 Å². The van der Waals surface area contributed by atoms with Gasteiger partial charge in [-0.15, -0.1) is 0 Å². The van der Waals surface area contributed by atoms with Crippen molar-refractivity contribution in [2.24, 2.45) is 5.92 Å². The Bertz CT molecular complexity index is 282. The average Bonchev–Trinajstić information content (AvgIpc) is 2.59. The van der Waals surface area contributed by atoms with Crippen LogP contribution in [0.3, 0.4) is 0 Å². The molecule has 3 atom stereocenters. The van der Waals surface area contributed by atoms with E-state index in [9.17, 15) is 0 Å². The summed E-state index contributed by atoms with van der Waals surface area (Å²) < 4.78 is 0. The number of hydrogen-bond acceptors (Lipinski definition) is 3. The lowest BCUT2D eigenvalue weighted by atomic mass is 9.94. The normalized spacial score (nSPS) is 33.3. The van der Waals surface area contributed by atoms with Gasteiger partial charge in [0.05, 0.1) is 0 Å². The second-order valence-corrected chi connectivity index (χ2v) is 7.41. The molecule has 22 heavy (non-hydrogen) atoms. The van der Waals surface area contributed by atoms with Crippen LogP contribution in [0.15, 0.2) is 0 Å². The quantitative estimate of drug-likeness (QED) is 0.792. The molecule has 0 radical (unpaired) electrons. The van der Waals surface area contributed by atoms with Gasteiger partial charge < -0.3 is 14.7 Å². The molecule has 0 aromatic rings. The predicted molar refractivity (Wildman–Crippen MR) is 96.5 cm³/mol. The molecule has 0 spiro atoms. The van der Waals surface area contributed by atoms with Gasteiger partial charge in [0, 0.05) is 13.1 Å². The molecule has 3 nitrogen and oxygen atoms in total. The second-order valence-electron chi connectivity index (χ2n) is 7.41. The molecule has 2 saturated heterocycles. The third-order valence-corrected chi connectivity index (χ3v) is 5.71. The molecule has 0 aromatic heterocycles. The zero-order valence-corrected chi connectivity index (χ0v) is 15.2. The number of hydrogen-bond donors (Lipinski definition) is 0. The van der Waals surface area contributed by atoms with Crippen LogP contribution in [0.4, 0.5) is 0 Å². The van der Waals surface area contributed by atoms with E-state index in [1.54, 1.807) is 0 Å². The minimum Gasteiger partial charge on any atom is -0.303 e. The number of nitrogens with zero attached hydrogens (tertiary/aromatic N) is 3. The molecular formula is C19H39N3. The third-order valence-electron chi connectivity index (χ3n) is 5.71. The van der Waals surface area contributed by atoms with Gasteiger partial charge in [0.2, 0.25) is 0 Å². The Labute approximate surface area is 139 Å². The summed E-state index contributed by atoms with van der Waals surface area (Å²) in [7, 11) is 0. The Morgan fingerprint density at radius 2 is 1.36 bits per heavy atom. The van der Waals surface area contributed by atoms with Crippen LogP contribution in [-0.4, -0.2) is 73.6 Å². The van der Waals surface area contributed by atoms with E-state index in [0.29, 0.717) is 0 Å². The first kappa shape index (κ1) is 18.2. The second kappa shape index (κ2) is 10.6. The van der Waals surface area contributed by atoms with Crippen molar-refractivity contribution in [3.63, 3.8) is 0 Å². The highest BCUT2D eigenvalue weighted by atomic mass is 15.2. The highest BCUT2D eigenvalue weighted by Gasteiger charge is 2.17. The van der Waals surface area contributed by atoms with Crippen molar-refractivity contribution in [2.45, 2.75) is 58.8 Å². The van der Waals surface area contributed by atoms with Crippen molar-refractivity contribution in [2.75, 3.05) is 58.9 Å². The van der Waals surface area contributed by atoms with Crippen LogP contribution >= 0.6 is 0 Å². The molecule has 3 heteroatoms. The summed E-state index contributed by atoms with van der Waals surface area (Å²) in [5.74, 6) is 0.975. The van der Waals surface area contributed by atoms with E-state index in [0.717, 1.165) is 5.92 Å². The summed E-state index contributed by atoms with van der Waals surface area (Å²) in [5.41, 5.74) is 0. The van der Waals surface area contributed by atoms with Crippen molar-refractivity contribution in [3.05, 3.63) is 0 Å². The van der Waals surface area contributed by atoms with Crippen LogP contribution in [0.5, 0.6) is 0 Å². The molecule has 0 N–H and O–H groups in total. The van der Waals surface area contributed by atoms with Crippen molar-refractivity contribution in [1.82, 2.24) is 14.7 Å². The van der Waals surface area contributed by atoms with Crippen molar-refractivity contribution < 1.29 is 0 Å². The molecule has 2 heterocycles. The highest BCUT2D eigenvalue weighted by Crippen LogP contribution is 2.20. The minimum absolute atomic E-state index is 0.975. The number of rotatable bonds is 3. The van der Waals surface area contributed by atoms with Crippen LogP contribution in [0, 0.1) is 5.92 Å². The minimum atomic E-state index is 0.975. The molecule has 0 aromatic carbocycles. The van der Waals surface area contributed by atoms with Gasteiger partial charge in [0.1, 0.15) is 0 Å². The molecule has 3 unspecified atom stereocenters. The fourth-order valence-corrected chi connectivity index (χ4v) is 4.23. The third kappa shape index (κ3) is 6.55. The van der Waals surface area contributed by atoms with Gasteiger partial charge >= 0.3 is 0 Å². The molecule has 2 rings (SSSR count). The Hall–Kier alpha value is -0.120. The molecular weight excluding hydrogens is 270 g/mol. The summed E-state index contributed by atoms with van der Waals surface area (Å²) in [6, 6.07) is 0. The summed E-state index contributed by atoms with van der Waals surface area (Å²) in [6.45, 7) is 16.4. The van der Waals surface area contributed by atoms with E-state index in [4.69, 9.17) is 0 Å². The highest BCUT2D eigenvalue weighted by molar-refractivity contribution is 4.72. The van der Waals surface area contributed by atoms with Crippen molar-refractivity contribution in [3.8, 4) is 0 Å². The SMILES string of the molecule is CCCC1CCCN2CCCN(CCCN(CC)CC2)CC1. The molecule has 130 valence electrons. The maximum atomic E-state index is 2.77. The first-order valence-electron chi connectivity index (χ1n) is 9.99.